The number of aryl methyl sites for hydroxylation is 1. The number of rotatable bonds is 8. The summed E-state index contributed by atoms with van der Waals surface area (Å²) in [5.41, 5.74) is 7.81. The van der Waals surface area contributed by atoms with Crippen molar-refractivity contribution in [2.45, 2.75) is 46.5 Å². The molecule has 3 aromatic heterocycles. The van der Waals surface area contributed by atoms with Gasteiger partial charge in [0.15, 0.2) is 0 Å². The van der Waals surface area contributed by atoms with Crippen molar-refractivity contribution in [2.75, 3.05) is 39.8 Å². The largest absolute Gasteiger partial charge is 0.496 e. The van der Waals surface area contributed by atoms with Gasteiger partial charge in [0.05, 0.1) is 37.0 Å². The van der Waals surface area contributed by atoms with Crippen LogP contribution >= 0.6 is 0 Å². The second-order valence-electron chi connectivity index (χ2n) is 11.2. The van der Waals surface area contributed by atoms with Gasteiger partial charge in [0.2, 0.25) is 0 Å². The number of allylic oxidation sites excluding steroid dienone is 3. The van der Waals surface area contributed by atoms with E-state index in [-0.39, 0.29) is 37.1 Å². The number of hydroxylamine groups is 1. The number of aromatic nitrogens is 2. The zero-order chi connectivity index (χ0) is 31.8. The van der Waals surface area contributed by atoms with E-state index >= 15 is 0 Å². The first kappa shape index (κ1) is 31.2. The molecular formula is C31H37F3N6O4. The molecular weight excluding hydrogens is 577 g/mol. The van der Waals surface area contributed by atoms with Crippen molar-refractivity contribution in [3.8, 4) is 5.75 Å². The average molecular weight is 615 g/mol. The summed E-state index contributed by atoms with van der Waals surface area (Å²) >= 11 is 0. The molecule has 236 valence electrons. The molecule has 1 amide bonds. The number of alkyl halides is 3. The van der Waals surface area contributed by atoms with Crippen molar-refractivity contribution in [2.24, 2.45) is 0 Å². The molecule has 1 atom stereocenters. The van der Waals surface area contributed by atoms with Crippen LogP contribution in [0.25, 0.3) is 11.2 Å². The lowest BCUT2D eigenvalue weighted by molar-refractivity contribution is -0.149. The number of amides is 1. The van der Waals surface area contributed by atoms with Crippen molar-refractivity contribution >= 4 is 17.1 Å². The fraction of sp³-hybridized carbons (Fsp3) is 0.419. The van der Waals surface area contributed by atoms with Gasteiger partial charge >= 0.3 is 6.18 Å². The fourth-order valence-corrected chi connectivity index (χ4v) is 5.93. The van der Waals surface area contributed by atoms with Crippen LogP contribution in [0, 0.1) is 13.8 Å². The predicted molar refractivity (Wildman–Crippen MR) is 160 cm³/mol. The van der Waals surface area contributed by atoms with Crippen molar-refractivity contribution < 1.29 is 27.5 Å². The molecule has 1 saturated heterocycles. The Labute approximate surface area is 253 Å². The Kier molecular flexibility index (Phi) is 8.80. The molecule has 13 heteroatoms. The molecule has 3 aromatic rings. The molecule has 0 bridgehead atoms. The highest BCUT2D eigenvalue weighted by molar-refractivity contribution is 5.98. The second-order valence-corrected chi connectivity index (χ2v) is 11.2. The summed E-state index contributed by atoms with van der Waals surface area (Å²) in [5.74, 6) is 0.708. The van der Waals surface area contributed by atoms with Gasteiger partial charge in [0.1, 0.15) is 11.5 Å². The number of carbonyl (C=O) groups is 1. The number of hydrogen-bond acceptors (Lipinski definition) is 7. The third-order valence-corrected chi connectivity index (χ3v) is 8.22. The maximum Gasteiger partial charge on any atom is 0.401 e. The third-order valence-electron chi connectivity index (χ3n) is 8.22. The lowest BCUT2D eigenvalue weighted by Gasteiger charge is -2.39. The molecule has 2 aliphatic heterocycles. The van der Waals surface area contributed by atoms with E-state index in [0.29, 0.717) is 47.1 Å². The molecule has 44 heavy (non-hydrogen) atoms. The summed E-state index contributed by atoms with van der Waals surface area (Å²) in [6.45, 7) is 7.94. The van der Waals surface area contributed by atoms with Gasteiger partial charge in [-0.2, -0.15) is 13.2 Å². The number of H-pyrrole nitrogens is 1. The van der Waals surface area contributed by atoms with Crippen LogP contribution in [0.3, 0.4) is 0 Å². The summed E-state index contributed by atoms with van der Waals surface area (Å²) < 4.78 is 46.4. The minimum Gasteiger partial charge on any atom is -0.496 e. The number of ether oxygens (including phenoxy) is 1. The number of piperazine rings is 1. The minimum absolute atomic E-state index is 0.0488. The molecule has 0 aliphatic carbocycles. The average Bonchev–Trinajstić information content (AvgIpc) is 3.39. The monoisotopic (exact) mass is 614 g/mol. The van der Waals surface area contributed by atoms with Crippen LogP contribution in [0.4, 0.5) is 13.2 Å². The van der Waals surface area contributed by atoms with E-state index < -0.39 is 12.7 Å². The van der Waals surface area contributed by atoms with E-state index in [4.69, 9.17) is 9.57 Å². The smallest absolute Gasteiger partial charge is 0.401 e. The standard InChI is InChI=1S/C31H37F3N6O4/c1-18-14-27(43-5)24(30(42)36-18)16-35-29(41)23-15-26-22(25-7-6-19(2)44-37-25)8-9-40(26)28(20(23)3)21(4)39-12-10-38(11-13-39)17-31(32,33)34/h6-9,14-15,21,37H,10-13,16-17H2,1-5H3,(H,35,41)(H,36,42)/t21-/m1/s1. The molecule has 0 unspecified atom stereocenters. The Morgan fingerprint density at radius 3 is 2.50 bits per heavy atom. The number of methoxy groups -OCH3 is 1. The van der Waals surface area contributed by atoms with Gasteiger partial charge in [-0.05, 0) is 63.6 Å². The predicted octanol–water partition coefficient (Wildman–Crippen LogP) is 4.20. The first-order chi connectivity index (χ1) is 20.9. The highest BCUT2D eigenvalue weighted by Gasteiger charge is 2.34. The summed E-state index contributed by atoms with van der Waals surface area (Å²) in [7, 11) is 1.47. The Morgan fingerprint density at radius 2 is 1.86 bits per heavy atom. The van der Waals surface area contributed by atoms with E-state index in [9.17, 15) is 22.8 Å². The van der Waals surface area contributed by atoms with Crippen molar-refractivity contribution in [1.82, 2.24) is 30.0 Å². The van der Waals surface area contributed by atoms with Crippen LogP contribution in [0.5, 0.6) is 5.75 Å². The van der Waals surface area contributed by atoms with Crippen LogP contribution in [0.1, 0.15) is 58.3 Å². The molecule has 5 rings (SSSR count). The van der Waals surface area contributed by atoms with E-state index in [2.05, 4.69) is 20.7 Å². The van der Waals surface area contributed by atoms with Gasteiger partial charge in [0, 0.05) is 60.9 Å². The number of pyridine rings is 2. The molecule has 2 aliphatic rings. The quantitative estimate of drug-likeness (QED) is 0.350. The molecule has 0 aromatic carbocycles. The molecule has 3 N–H and O–H groups in total. The lowest BCUT2D eigenvalue weighted by Crippen LogP contribution is -2.49. The summed E-state index contributed by atoms with van der Waals surface area (Å²) in [6.07, 6.45) is 1.42. The number of carbonyl (C=O) groups excluding carboxylic acids is 1. The summed E-state index contributed by atoms with van der Waals surface area (Å²) in [5, 5.41) is 2.89. The number of aromatic amines is 1. The van der Waals surface area contributed by atoms with Crippen LogP contribution in [0.2, 0.25) is 0 Å². The highest BCUT2D eigenvalue weighted by atomic mass is 19.4. The molecule has 10 nitrogen and oxygen atoms in total. The molecule has 5 heterocycles. The van der Waals surface area contributed by atoms with Crippen LogP contribution in [-0.2, 0) is 11.4 Å². The van der Waals surface area contributed by atoms with Crippen LogP contribution in [0.15, 0.2) is 47.1 Å². The normalized spacial score (nSPS) is 17.0. The number of hydrogen-bond donors (Lipinski definition) is 3. The zero-order valence-corrected chi connectivity index (χ0v) is 25.4. The fourth-order valence-electron chi connectivity index (χ4n) is 5.93. The lowest BCUT2D eigenvalue weighted by atomic mass is 9.99. The number of fused-ring (bicyclic) bond motifs is 1. The Bertz CT molecular complexity index is 1680. The number of nitrogens with zero attached hydrogens (tertiary/aromatic N) is 3. The topological polar surface area (TPSA) is 103 Å². The third kappa shape index (κ3) is 6.48. The SMILES string of the molecule is COc1cc(C)[nH]c(=O)c1CNC(=O)c1cc2c(C3=CC=C(C)ON3)ccn2c([C@@H](C)N2CCN(CC(F)(F)F)CC2)c1C. The highest BCUT2D eigenvalue weighted by Crippen LogP contribution is 2.33. The molecule has 0 spiro atoms. The van der Waals surface area contributed by atoms with E-state index in [1.807, 2.05) is 55.7 Å². The van der Waals surface area contributed by atoms with E-state index in [0.717, 1.165) is 22.3 Å². The van der Waals surface area contributed by atoms with Gasteiger partial charge in [0.25, 0.3) is 11.5 Å². The van der Waals surface area contributed by atoms with Crippen molar-refractivity contribution in [3.05, 3.63) is 86.3 Å². The van der Waals surface area contributed by atoms with Crippen LogP contribution < -0.4 is 21.1 Å². The van der Waals surface area contributed by atoms with Crippen LogP contribution in [-0.4, -0.2) is 71.1 Å². The number of nitrogens with one attached hydrogen (secondary N) is 3. The van der Waals surface area contributed by atoms with Crippen molar-refractivity contribution in [3.63, 3.8) is 0 Å². The Hall–Kier alpha value is -4.23. The van der Waals surface area contributed by atoms with E-state index in [1.165, 1.54) is 12.0 Å². The van der Waals surface area contributed by atoms with Gasteiger partial charge in [-0.25, -0.2) is 5.48 Å². The van der Waals surface area contributed by atoms with Gasteiger partial charge < -0.3 is 24.3 Å². The maximum absolute atomic E-state index is 13.8. The molecule has 0 saturated carbocycles. The first-order valence-corrected chi connectivity index (χ1v) is 14.4. The molecule has 1 fully saturated rings. The van der Waals surface area contributed by atoms with E-state index in [1.54, 1.807) is 13.0 Å². The van der Waals surface area contributed by atoms with Crippen molar-refractivity contribution in [1.29, 1.82) is 0 Å². The zero-order valence-electron chi connectivity index (χ0n) is 25.4. The summed E-state index contributed by atoms with van der Waals surface area (Å²) in [4.78, 5) is 38.2. The second kappa shape index (κ2) is 12.4. The van der Waals surface area contributed by atoms with Gasteiger partial charge in [-0.15, -0.1) is 0 Å². The maximum atomic E-state index is 13.8. The minimum atomic E-state index is -4.24. The van der Waals surface area contributed by atoms with Gasteiger partial charge in [-0.1, -0.05) is 0 Å². The molecule has 0 radical (unpaired) electrons. The first-order valence-electron chi connectivity index (χ1n) is 14.4. The number of halogens is 3. The summed E-state index contributed by atoms with van der Waals surface area (Å²) in [6, 6.07) is 5.22. The van der Waals surface area contributed by atoms with Gasteiger partial charge in [-0.3, -0.25) is 19.4 Å². The Balaban J connectivity index is 1.51. The Morgan fingerprint density at radius 1 is 1.14 bits per heavy atom.